The first-order valence-electron chi connectivity index (χ1n) is 4.52. The zero-order valence-corrected chi connectivity index (χ0v) is 7.61. The molecule has 1 rings (SSSR count). The van der Waals surface area contributed by atoms with Crippen molar-refractivity contribution < 1.29 is 14.6 Å². The third-order valence-electron chi connectivity index (χ3n) is 2.11. The summed E-state index contributed by atoms with van der Waals surface area (Å²) in [6, 6.07) is 0.210. The van der Waals surface area contributed by atoms with Crippen LogP contribution in [-0.4, -0.2) is 48.4 Å². The molecule has 0 spiro atoms. The Morgan fingerprint density at radius 2 is 2.15 bits per heavy atom. The Bertz CT molecular complexity index is 167. The number of nitrogens with zero attached hydrogens (tertiary/aromatic N) is 1. The maximum absolute atomic E-state index is 11.2. The van der Waals surface area contributed by atoms with Crippen molar-refractivity contribution in [3.8, 4) is 0 Å². The first-order chi connectivity index (χ1) is 6.24. The van der Waals surface area contributed by atoms with Crippen LogP contribution >= 0.6 is 0 Å². The van der Waals surface area contributed by atoms with E-state index in [2.05, 4.69) is 0 Å². The molecule has 0 atom stereocenters. The molecule has 3 N–H and O–H groups in total. The molecule has 5 heteroatoms. The molecule has 0 saturated carbocycles. The molecule has 13 heavy (non-hydrogen) atoms. The van der Waals surface area contributed by atoms with Gasteiger partial charge < -0.3 is 20.5 Å². The number of rotatable bonds is 2. The second-order valence-corrected chi connectivity index (χ2v) is 3.16. The molecule has 0 aliphatic carbocycles. The van der Waals surface area contributed by atoms with Gasteiger partial charge in [-0.3, -0.25) is 0 Å². The van der Waals surface area contributed by atoms with E-state index in [-0.39, 0.29) is 25.3 Å². The van der Waals surface area contributed by atoms with Crippen LogP contribution in [0.15, 0.2) is 0 Å². The maximum atomic E-state index is 11.2. The first-order valence-corrected chi connectivity index (χ1v) is 4.52. The number of nitrogens with two attached hydrogens (primary N) is 1. The SMILES string of the molecule is NC1CCN(C(=O)OCCO)CC1. The lowest BCUT2D eigenvalue weighted by atomic mass is 10.1. The van der Waals surface area contributed by atoms with Gasteiger partial charge in [-0.15, -0.1) is 0 Å². The number of amides is 1. The second kappa shape index (κ2) is 5.04. The van der Waals surface area contributed by atoms with Crippen LogP contribution in [0.1, 0.15) is 12.8 Å². The van der Waals surface area contributed by atoms with E-state index in [0.717, 1.165) is 12.8 Å². The third-order valence-corrected chi connectivity index (χ3v) is 2.11. The van der Waals surface area contributed by atoms with Crippen molar-refractivity contribution in [1.82, 2.24) is 4.90 Å². The summed E-state index contributed by atoms with van der Waals surface area (Å²) in [4.78, 5) is 12.8. The summed E-state index contributed by atoms with van der Waals surface area (Å²) in [5.74, 6) is 0. The molecule has 76 valence electrons. The van der Waals surface area contributed by atoms with Gasteiger partial charge >= 0.3 is 6.09 Å². The quantitative estimate of drug-likeness (QED) is 0.614. The van der Waals surface area contributed by atoms with E-state index >= 15 is 0 Å². The van der Waals surface area contributed by atoms with Crippen molar-refractivity contribution in [3.63, 3.8) is 0 Å². The lowest BCUT2D eigenvalue weighted by Gasteiger charge is -2.29. The molecule has 1 aliphatic heterocycles. The van der Waals surface area contributed by atoms with Crippen LogP contribution in [0.3, 0.4) is 0 Å². The molecule has 1 fully saturated rings. The lowest BCUT2D eigenvalue weighted by molar-refractivity contribution is 0.0770. The lowest BCUT2D eigenvalue weighted by Crippen LogP contribution is -2.43. The van der Waals surface area contributed by atoms with E-state index in [4.69, 9.17) is 15.6 Å². The molecule has 0 radical (unpaired) electrons. The third kappa shape index (κ3) is 3.20. The predicted molar refractivity (Wildman–Crippen MR) is 47.2 cm³/mol. The monoisotopic (exact) mass is 188 g/mol. The highest BCUT2D eigenvalue weighted by Crippen LogP contribution is 2.08. The molecule has 0 aromatic heterocycles. The van der Waals surface area contributed by atoms with E-state index in [1.165, 1.54) is 0 Å². The van der Waals surface area contributed by atoms with Gasteiger partial charge in [0, 0.05) is 19.1 Å². The Morgan fingerprint density at radius 3 is 2.69 bits per heavy atom. The molecule has 1 amide bonds. The Morgan fingerprint density at radius 1 is 1.54 bits per heavy atom. The molecular formula is C8H16N2O3. The molecule has 1 heterocycles. The molecule has 1 saturated heterocycles. The van der Waals surface area contributed by atoms with Crippen molar-refractivity contribution >= 4 is 6.09 Å². The van der Waals surface area contributed by atoms with Gasteiger partial charge in [0.25, 0.3) is 0 Å². The Balaban J connectivity index is 2.23. The van der Waals surface area contributed by atoms with Crippen LogP contribution in [0.5, 0.6) is 0 Å². The smallest absolute Gasteiger partial charge is 0.409 e. The molecule has 0 aromatic carbocycles. The first kappa shape index (κ1) is 10.3. The number of hydrogen-bond donors (Lipinski definition) is 2. The molecule has 0 unspecified atom stereocenters. The van der Waals surface area contributed by atoms with Gasteiger partial charge in [0.1, 0.15) is 6.61 Å². The number of piperidine rings is 1. The normalized spacial score (nSPS) is 18.8. The average Bonchev–Trinajstić information content (AvgIpc) is 2.15. The Kier molecular flexibility index (Phi) is 3.98. The fourth-order valence-electron chi connectivity index (χ4n) is 1.31. The largest absolute Gasteiger partial charge is 0.447 e. The summed E-state index contributed by atoms with van der Waals surface area (Å²) < 4.78 is 4.76. The fraction of sp³-hybridized carbons (Fsp3) is 0.875. The highest BCUT2D eigenvalue weighted by atomic mass is 16.6. The summed E-state index contributed by atoms with van der Waals surface area (Å²) in [7, 11) is 0. The van der Waals surface area contributed by atoms with Crippen LogP contribution in [-0.2, 0) is 4.74 Å². The number of hydrogen-bond acceptors (Lipinski definition) is 4. The molecule has 5 nitrogen and oxygen atoms in total. The zero-order valence-electron chi connectivity index (χ0n) is 7.61. The summed E-state index contributed by atoms with van der Waals surface area (Å²) in [6.45, 7) is 1.26. The molecular weight excluding hydrogens is 172 g/mol. The van der Waals surface area contributed by atoms with Gasteiger partial charge in [-0.05, 0) is 12.8 Å². The van der Waals surface area contributed by atoms with Crippen molar-refractivity contribution in [2.45, 2.75) is 18.9 Å². The van der Waals surface area contributed by atoms with E-state index in [1.807, 2.05) is 0 Å². The van der Waals surface area contributed by atoms with Gasteiger partial charge in [0.05, 0.1) is 6.61 Å². The number of aliphatic hydroxyl groups excluding tert-OH is 1. The van der Waals surface area contributed by atoms with E-state index in [9.17, 15) is 4.79 Å². The van der Waals surface area contributed by atoms with E-state index < -0.39 is 0 Å². The number of aliphatic hydroxyl groups is 1. The van der Waals surface area contributed by atoms with Crippen molar-refractivity contribution in [2.75, 3.05) is 26.3 Å². The van der Waals surface area contributed by atoms with Gasteiger partial charge in [0.2, 0.25) is 0 Å². The highest BCUT2D eigenvalue weighted by Gasteiger charge is 2.21. The zero-order chi connectivity index (χ0) is 9.68. The van der Waals surface area contributed by atoms with Crippen LogP contribution in [0.25, 0.3) is 0 Å². The van der Waals surface area contributed by atoms with Crippen molar-refractivity contribution in [3.05, 3.63) is 0 Å². The Labute approximate surface area is 77.5 Å². The van der Waals surface area contributed by atoms with Crippen molar-refractivity contribution in [1.29, 1.82) is 0 Å². The van der Waals surface area contributed by atoms with Crippen molar-refractivity contribution in [2.24, 2.45) is 5.73 Å². The predicted octanol–water partition coefficient (Wildman–Crippen LogP) is -0.462. The van der Waals surface area contributed by atoms with Crippen LogP contribution in [0.2, 0.25) is 0 Å². The van der Waals surface area contributed by atoms with Crippen LogP contribution in [0, 0.1) is 0 Å². The number of carbonyl (C=O) groups excluding carboxylic acids is 1. The van der Waals surface area contributed by atoms with Gasteiger partial charge in [0.15, 0.2) is 0 Å². The Hall–Kier alpha value is -0.810. The highest BCUT2D eigenvalue weighted by molar-refractivity contribution is 5.67. The summed E-state index contributed by atoms with van der Waals surface area (Å²) in [6.07, 6.45) is 1.31. The summed E-state index contributed by atoms with van der Waals surface area (Å²) in [5, 5.41) is 8.44. The fourth-order valence-corrected chi connectivity index (χ4v) is 1.31. The van der Waals surface area contributed by atoms with E-state index in [1.54, 1.807) is 4.90 Å². The average molecular weight is 188 g/mol. The summed E-state index contributed by atoms with van der Waals surface area (Å²) in [5.41, 5.74) is 5.68. The second-order valence-electron chi connectivity index (χ2n) is 3.16. The van der Waals surface area contributed by atoms with Crippen LogP contribution in [0.4, 0.5) is 4.79 Å². The molecule has 0 aromatic rings. The number of ether oxygens (including phenoxy) is 1. The van der Waals surface area contributed by atoms with Crippen LogP contribution < -0.4 is 5.73 Å². The number of carbonyl (C=O) groups is 1. The minimum Gasteiger partial charge on any atom is -0.447 e. The standard InChI is InChI=1S/C8H16N2O3/c9-7-1-3-10(4-2-7)8(12)13-6-5-11/h7,11H,1-6,9H2. The van der Waals surface area contributed by atoms with Gasteiger partial charge in [-0.1, -0.05) is 0 Å². The van der Waals surface area contributed by atoms with Gasteiger partial charge in [-0.2, -0.15) is 0 Å². The topological polar surface area (TPSA) is 75.8 Å². The van der Waals surface area contributed by atoms with E-state index in [0.29, 0.717) is 13.1 Å². The number of likely N-dealkylation sites (tertiary alicyclic amines) is 1. The van der Waals surface area contributed by atoms with Gasteiger partial charge in [-0.25, -0.2) is 4.79 Å². The minimum atomic E-state index is -0.346. The molecule has 1 aliphatic rings. The summed E-state index contributed by atoms with van der Waals surface area (Å²) >= 11 is 0. The minimum absolute atomic E-state index is 0.0708. The molecule has 0 bridgehead atoms. The maximum Gasteiger partial charge on any atom is 0.409 e.